The Kier molecular flexibility index (Phi) is 4.50. The second-order valence-electron chi connectivity index (χ2n) is 4.06. The number of aliphatic hydroxyl groups is 1. The van der Waals surface area contributed by atoms with Gasteiger partial charge in [0.25, 0.3) is 0 Å². The normalized spacial score (nSPS) is 9.73. The molecule has 0 unspecified atom stereocenters. The van der Waals surface area contributed by atoms with E-state index in [9.17, 15) is 14.9 Å². The Morgan fingerprint density at radius 3 is 2.68 bits per heavy atom. The minimum Gasteiger partial charge on any atom is -0.465 e. The maximum atomic E-state index is 11.4. The molecule has 0 aliphatic carbocycles. The molecular formula is C14H11N3O5. The number of benzene rings is 1. The van der Waals surface area contributed by atoms with Crippen molar-refractivity contribution in [1.82, 2.24) is 9.78 Å². The highest BCUT2D eigenvalue weighted by atomic mass is 16.6. The Morgan fingerprint density at radius 2 is 2.14 bits per heavy atom. The summed E-state index contributed by atoms with van der Waals surface area (Å²) in [4.78, 5) is 21.7. The van der Waals surface area contributed by atoms with Crippen molar-refractivity contribution in [2.75, 3.05) is 13.7 Å². The van der Waals surface area contributed by atoms with Crippen molar-refractivity contribution in [1.29, 1.82) is 0 Å². The molecule has 0 aliphatic heterocycles. The largest absolute Gasteiger partial charge is 0.465 e. The van der Waals surface area contributed by atoms with Crippen LogP contribution in [0.25, 0.3) is 5.69 Å². The minimum atomic E-state index is -0.603. The number of carbonyl (C=O) groups excluding carboxylic acids is 1. The molecule has 112 valence electrons. The number of rotatable bonds is 3. The smallest absolute Gasteiger partial charge is 0.337 e. The van der Waals surface area contributed by atoms with Gasteiger partial charge in [0.2, 0.25) is 5.69 Å². The Morgan fingerprint density at radius 1 is 1.45 bits per heavy atom. The van der Waals surface area contributed by atoms with E-state index < -0.39 is 17.5 Å². The van der Waals surface area contributed by atoms with Crippen molar-refractivity contribution in [3.05, 3.63) is 51.8 Å². The molecule has 8 heteroatoms. The van der Waals surface area contributed by atoms with Crippen LogP contribution < -0.4 is 0 Å². The summed E-state index contributed by atoms with van der Waals surface area (Å²) >= 11 is 0. The van der Waals surface area contributed by atoms with Gasteiger partial charge >= 0.3 is 11.7 Å². The van der Waals surface area contributed by atoms with E-state index in [2.05, 4.69) is 21.7 Å². The summed E-state index contributed by atoms with van der Waals surface area (Å²) in [5.41, 5.74) is 0.565. The van der Waals surface area contributed by atoms with Crippen LogP contribution >= 0.6 is 0 Å². The lowest BCUT2D eigenvalue weighted by molar-refractivity contribution is -0.385. The SMILES string of the molecule is COC(=O)c1ccc(-n2cc([N+](=O)[O-])c(C#CCO)n2)cc1. The summed E-state index contributed by atoms with van der Waals surface area (Å²) in [5.74, 6) is 4.27. The monoisotopic (exact) mass is 301 g/mol. The summed E-state index contributed by atoms with van der Waals surface area (Å²) in [5, 5.41) is 23.6. The average molecular weight is 301 g/mol. The molecule has 0 saturated carbocycles. The van der Waals surface area contributed by atoms with Crippen LogP contribution in [0, 0.1) is 22.0 Å². The Balaban J connectivity index is 2.40. The molecule has 8 nitrogen and oxygen atoms in total. The number of hydrogen-bond donors (Lipinski definition) is 1. The van der Waals surface area contributed by atoms with Crippen LogP contribution in [0.15, 0.2) is 30.5 Å². The maximum Gasteiger partial charge on any atom is 0.337 e. The number of hydrogen-bond acceptors (Lipinski definition) is 6. The van der Waals surface area contributed by atoms with Crippen molar-refractivity contribution < 1.29 is 19.6 Å². The fourth-order valence-corrected chi connectivity index (χ4v) is 1.71. The van der Waals surface area contributed by atoms with E-state index in [0.29, 0.717) is 11.3 Å². The van der Waals surface area contributed by atoms with E-state index in [1.54, 1.807) is 12.1 Å². The van der Waals surface area contributed by atoms with Gasteiger partial charge in [-0.05, 0) is 30.2 Å². The van der Waals surface area contributed by atoms with Gasteiger partial charge in [0, 0.05) is 0 Å². The molecule has 0 radical (unpaired) electrons. The van der Waals surface area contributed by atoms with E-state index in [1.165, 1.54) is 30.1 Å². The minimum absolute atomic E-state index is 0.0453. The van der Waals surface area contributed by atoms with E-state index in [-0.39, 0.29) is 11.4 Å². The summed E-state index contributed by atoms with van der Waals surface area (Å²) in [6.07, 6.45) is 1.22. The first kappa shape index (κ1) is 15.2. The molecule has 1 aromatic carbocycles. The third kappa shape index (κ3) is 3.11. The second kappa shape index (κ2) is 6.51. The molecule has 0 fully saturated rings. The van der Waals surface area contributed by atoms with E-state index in [4.69, 9.17) is 5.11 Å². The summed E-state index contributed by atoms with van der Waals surface area (Å²) in [6, 6.07) is 6.19. The Labute approximate surface area is 125 Å². The van der Waals surface area contributed by atoms with Crippen LogP contribution in [-0.4, -0.2) is 39.5 Å². The third-order valence-electron chi connectivity index (χ3n) is 2.73. The standard InChI is InChI=1S/C14H11N3O5/c1-22-14(19)10-4-6-11(7-5-10)16-9-13(17(20)21)12(15-16)3-2-8-18/h4-7,9,18H,8H2,1H3. The number of ether oxygens (including phenoxy) is 1. The summed E-state index contributed by atoms with van der Waals surface area (Å²) in [6.45, 7) is -0.419. The van der Waals surface area contributed by atoms with Crippen molar-refractivity contribution in [2.24, 2.45) is 0 Å². The summed E-state index contributed by atoms with van der Waals surface area (Å²) < 4.78 is 5.87. The second-order valence-corrected chi connectivity index (χ2v) is 4.06. The zero-order chi connectivity index (χ0) is 16.1. The van der Waals surface area contributed by atoms with Crippen LogP contribution in [0.2, 0.25) is 0 Å². The quantitative estimate of drug-likeness (QED) is 0.391. The molecule has 2 aromatic rings. The molecule has 1 N–H and O–H groups in total. The number of aliphatic hydroxyl groups excluding tert-OH is 1. The number of nitrogens with zero attached hydrogens (tertiary/aromatic N) is 3. The van der Waals surface area contributed by atoms with Crippen molar-refractivity contribution in [3.63, 3.8) is 0 Å². The Bertz CT molecular complexity index is 768. The van der Waals surface area contributed by atoms with E-state index in [1.807, 2.05) is 0 Å². The lowest BCUT2D eigenvalue weighted by Crippen LogP contribution is -2.02. The molecular weight excluding hydrogens is 290 g/mol. The first-order valence-corrected chi connectivity index (χ1v) is 6.09. The highest BCUT2D eigenvalue weighted by Crippen LogP contribution is 2.19. The maximum absolute atomic E-state index is 11.4. The summed E-state index contributed by atoms with van der Waals surface area (Å²) in [7, 11) is 1.28. The zero-order valence-corrected chi connectivity index (χ0v) is 11.5. The van der Waals surface area contributed by atoms with Crippen LogP contribution in [0.3, 0.4) is 0 Å². The first-order chi connectivity index (χ1) is 10.6. The van der Waals surface area contributed by atoms with Gasteiger partial charge in [-0.3, -0.25) is 10.1 Å². The highest BCUT2D eigenvalue weighted by molar-refractivity contribution is 5.89. The first-order valence-electron chi connectivity index (χ1n) is 6.09. The Hall–Kier alpha value is -3.18. The van der Waals surface area contributed by atoms with E-state index in [0.717, 1.165) is 0 Å². The lowest BCUT2D eigenvalue weighted by Gasteiger charge is -2.02. The van der Waals surface area contributed by atoms with Crippen LogP contribution in [0.5, 0.6) is 0 Å². The molecule has 0 saturated heterocycles. The predicted octanol–water partition coefficient (Wildman–Crippen LogP) is 0.911. The van der Waals surface area contributed by atoms with Crippen LogP contribution in [0.4, 0.5) is 5.69 Å². The van der Waals surface area contributed by atoms with Gasteiger partial charge in [-0.2, -0.15) is 5.10 Å². The van der Waals surface area contributed by atoms with Gasteiger partial charge in [0.05, 0.1) is 23.3 Å². The third-order valence-corrected chi connectivity index (χ3v) is 2.73. The number of esters is 1. The number of carbonyl (C=O) groups is 1. The molecule has 1 heterocycles. The fraction of sp³-hybridized carbons (Fsp3) is 0.143. The topological polar surface area (TPSA) is 107 Å². The average Bonchev–Trinajstić information content (AvgIpc) is 2.96. The lowest BCUT2D eigenvalue weighted by atomic mass is 10.2. The number of aromatic nitrogens is 2. The van der Waals surface area contributed by atoms with Gasteiger partial charge in [-0.25, -0.2) is 9.48 Å². The number of nitro groups is 1. The fourth-order valence-electron chi connectivity index (χ4n) is 1.71. The molecule has 0 bridgehead atoms. The van der Waals surface area contributed by atoms with Crippen LogP contribution in [-0.2, 0) is 4.74 Å². The van der Waals surface area contributed by atoms with Crippen molar-refractivity contribution >= 4 is 11.7 Å². The van der Waals surface area contributed by atoms with E-state index >= 15 is 0 Å². The van der Waals surface area contributed by atoms with Crippen molar-refractivity contribution in [2.45, 2.75) is 0 Å². The van der Waals surface area contributed by atoms with Gasteiger partial charge < -0.3 is 9.84 Å². The van der Waals surface area contributed by atoms with Gasteiger partial charge in [0.1, 0.15) is 12.8 Å². The predicted molar refractivity (Wildman–Crippen MR) is 75.5 cm³/mol. The molecule has 1 aromatic heterocycles. The molecule has 0 amide bonds. The zero-order valence-electron chi connectivity index (χ0n) is 11.5. The van der Waals surface area contributed by atoms with Crippen LogP contribution in [0.1, 0.15) is 16.1 Å². The highest BCUT2D eigenvalue weighted by Gasteiger charge is 2.18. The molecule has 0 atom stereocenters. The molecule has 22 heavy (non-hydrogen) atoms. The molecule has 0 spiro atoms. The van der Waals surface area contributed by atoms with Gasteiger partial charge in [-0.1, -0.05) is 5.92 Å². The van der Waals surface area contributed by atoms with Crippen molar-refractivity contribution in [3.8, 4) is 17.5 Å². The molecule has 0 aliphatic rings. The number of methoxy groups -OCH3 is 1. The van der Waals surface area contributed by atoms with Gasteiger partial charge in [-0.15, -0.1) is 0 Å². The molecule has 2 rings (SSSR count). The van der Waals surface area contributed by atoms with Gasteiger partial charge in [0.15, 0.2) is 0 Å².